The molecule has 2 nitrogen and oxygen atoms in total. The molecule has 0 saturated carbocycles. The molecule has 0 aliphatic heterocycles. The minimum Gasteiger partial charge on any atom is -0.342 e. The third-order valence-electron chi connectivity index (χ3n) is 2.75. The van der Waals surface area contributed by atoms with E-state index in [0.717, 1.165) is 11.3 Å². The minimum atomic E-state index is -0.229. The standard InChI is InChI=1S/C14H15FN2/c1-17(14-8-3-2-7-13(14)15)12-6-4-5-11(9-12)10-16/h2-9H,10,16H2,1H3. The molecular weight excluding hydrogens is 215 g/mol. The normalized spacial score (nSPS) is 10.3. The Morgan fingerprint density at radius 3 is 2.59 bits per heavy atom. The Morgan fingerprint density at radius 1 is 1.12 bits per heavy atom. The molecule has 0 amide bonds. The van der Waals surface area contributed by atoms with Crippen molar-refractivity contribution in [2.75, 3.05) is 11.9 Å². The van der Waals surface area contributed by atoms with Gasteiger partial charge in [0.05, 0.1) is 5.69 Å². The van der Waals surface area contributed by atoms with Crippen molar-refractivity contribution in [3.05, 3.63) is 59.9 Å². The maximum atomic E-state index is 13.6. The quantitative estimate of drug-likeness (QED) is 0.878. The summed E-state index contributed by atoms with van der Waals surface area (Å²) >= 11 is 0. The van der Waals surface area contributed by atoms with E-state index in [1.165, 1.54) is 6.07 Å². The zero-order valence-electron chi connectivity index (χ0n) is 9.73. The van der Waals surface area contributed by atoms with Gasteiger partial charge in [-0.05, 0) is 29.8 Å². The third kappa shape index (κ3) is 2.45. The molecule has 0 fully saturated rings. The fourth-order valence-corrected chi connectivity index (χ4v) is 1.75. The summed E-state index contributed by atoms with van der Waals surface area (Å²) in [6, 6.07) is 14.5. The van der Waals surface area contributed by atoms with Crippen LogP contribution in [0.25, 0.3) is 0 Å². The van der Waals surface area contributed by atoms with Gasteiger partial charge in [0.15, 0.2) is 0 Å². The molecule has 2 aromatic rings. The molecular formula is C14H15FN2. The van der Waals surface area contributed by atoms with Crippen LogP contribution in [0.2, 0.25) is 0 Å². The molecule has 0 heterocycles. The molecule has 3 heteroatoms. The Kier molecular flexibility index (Phi) is 3.40. The van der Waals surface area contributed by atoms with Gasteiger partial charge >= 0.3 is 0 Å². The highest BCUT2D eigenvalue weighted by Crippen LogP contribution is 2.26. The maximum Gasteiger partial charge on any atom is 0.146 e. The van der Waals surface area contributed by atoms with Crippen molar-refractivity contribution in [3.63, 3.8) is 0 Å². The van der Waals surface area contributed by atoms with Crippen LogP contribution in [-0.4, -0.2) is 7.05 Å². The molecule has 2 N–H and O–H groups in total. The van der Waals surface area contributed by atoms with E-state index in [2.05, 4.69) is 0 Å². The summed E-state index contributed by atoms with van der Waals surface area (Å²) in [4.78, 5) is 1.81. The zero-order chi connectivity index (χ0) is 12.3. The summed E-state index contributed by atoms with van der Waals surface area (Å²) in [7, 11) is 1.84. The Labute approximate surface area is 100 Å². The Bertz CT molecular complexity index is 511. The fraction of sp³-hybridized carbons (Fsp3) is 0.143. The van der Waals surface area contributed by atoms with E-state index in [9.17, 15) is 4.39 Å². The van der Waals surface area contributed by atoms with Crippen molar-refractivity contribution in [2.45, 2.75) is 6.54 Å². The first-order chi connectivity index (χ1) is 8.22. The van der Waals surface area contributed by atoms with Crippen LogP contribution in [0.5, 0.6) is 0 Å². The van der Waals surface area contributed by atoms with Crippen LogP contribution in [0.3, 0.4) is 0 Å². The summed E-state index contributed by atoms with van der Waals surface area (Å²) in [6.45, 7) is 0.485. The van der Waals surface area contributed by atoms with Gasteiger partial charge in [-0.1, -0.05) is 24.3 Å². The van der Waals surface area contributed by atoms with E-state index in [1.54, 1.807) is 12.1 Å². The second kappa shape index (κ2) is 4.97. The average Bonchev–Trinajstić information content (AvgIpc) is 2.38. The lowest BCUT2D eigenvalue weighted by atomic mass is 10.2. The number of halogens is 1. The number of para-hydroxylation sites is 1. The molecule has 0 aliphatic rings. The van der Waals surface area contributed by atoms with Gasteiger partial charge in [0.2, 0.25) is 0 Å². The molecule has 17 heavy (non-hydrogen) atoms. The highest BCUT2D eigenvalue weighted by molar-refractivity contribution is 5.63. The van der Waals surface area contributed by atoms with Gasteiger partial charge in [0, 0.05) is 19.3 Å². The predicted octanol–water partition coefficient (Wildman–Crippen LogP) is 3.05. The highest BCUT2D eigenvalue weighted by atomic mass is 19.1. The molecule has 0 aromatic heterocycles. The third-order valence-corrected chi connectivity index (χ3v) is 2.75. The summed E-state index contributed by atoms with van der Waals surface area (Å²) in [5.74, 6) is -0.229. The van der Waals surface area contributed by atoms with Gasteiger partial charge in [0.1, 0.15) is 5.82 Å². The average molecular weight is 230 g/mol. The van der Waals surface area contributed by atoms with Gasteiger partial charge in [-0.25, -0.2) is 4.39 Å². The fourth-order valence-electron chi connectivity index (χ4n) is 1.75. The Balaban J connectivity index is 2.37. The van der Waals surface area contributed by atoms with E-state index in [-0.39, 0.29) is 5.82 Å². The van der Waals surface area contributed by atoms with Crippen molar-refractivity contribution in [1.82, 2.24) is 0 Å². The summed E-state index contributed by atoms with van der Waals surface area (Å²) in [6.07, 6.45) is 0. The number of nitrogens with two attached hydrogens (primary N) is 1. The molecule has 88 valence electrons. The lowest BCUT2D eigenvalue weighted by Crippen LogP contribution is -2.11. The largest absolute Gasteiger partial charge is 0.342 e. The molecule has 2 rings (SSSR count). The van der Waals surface area contributed by atoms with Gasteiger partial charge in [-0.15, -0.1) is 0 Å². The summed E-state index contributed by atoms with van der Waals surface area (Å²) < 4.78 is 13.6. The number of anilines is 2. The van der Waals surface area contributed by atoms with Crippen LogP contribution in [0.4, 0.5) is 15.8 Å². The van der Waals surface area contributed by atoms with Crippen LogP contribution in [0.1, 0.15) is 5.56 Å². The Morgan fingerprint density at radius 2 is 1.88 bits per heavy atom. The first-order valence-electron chi connectivity index (χ1n) is 5.49. The van der Waals surface area contributed by atoms with Crippen molar-refractivity contribution in [2.24, 2.45) is 5.73 Å². The molecule has 0 bridgehead atoms. The predicted molar refractivity (Wildman–Crippen MR) is 68.8 cm³/mol. The number of benzene rings is 2. The number of hydrogen-bond acceptors (Lipinski definition) is 2. The van der Waals surface area contributed by atoms with Crippen LogP contribution in [-0.2, 0) is 6.54 Å². The van der Waals surface area contributed by atoms with Crippen LogP contribution < -0.4 is 10.6 Å². The Hall–Kier alpha value is -1.87. The van der Waals surface area contributed by atoms with Gasteiger partial charge in [-0.2, -0.15) is 0 Å². The molecule has 2 aromatic carbocycles. The highest BCUT2D eigenvalue weighted by Gasteiger charge is 2.08. The second-order valence-electron chi connectivity index (χ2n) is 3.88. The smallest absolute Gasteiger partial charge is 0.146 e. The summed E-state index contributed by atoms with van der Waals surface area (Å²) in [5, 5.41) is 0. The monoisotopic (exact) mass is 230 g/mol. The number of rotatable bonds is 3. The van der Waals surface area contributed by atoms with Crippen LogP contribution in [0.15, 0.2) is 48.5 Å². The topological polar surface area (TPSA) is 29.3 Å². The number of hydrogen-bond donors (Lipinski definition) is 1. The van der Waals surface area contributed by atoms with Gasteiger partial charge in [0.25, 0.3) is 0 Å². The van der Waals surface area contributed by atoms with E-state index in [1.807, 2.05) is 42.3 Å². The second-order valence-corrected chi connectivity index (χ2v) is 3.88. The maximum absolute atomic E-state index is 13.6. The van der Waals surface area contributed by atoms with Gasteiger partial charge < -0.3 is 10.6 Å². The minimum absolute atomic E-state index is 0.229. The molecule has 0 aliphatic carbocycles. The molecule has 0 atom stereocenters. The van der Waals surface area contributed by atoms with Crippen molar-refractivity contribution in [3.8, 4) is 0 Å². The van der Waals surface area contributed by atoms with E-state index in [0.29, 0.717) is 12.2 Å². The van der Waals surface area contributed by atoms with Crippen molar-refractivity contribution >= 4 is 11.4 Å². The molecule has 0 unspecified atom stereocenters. The molecule has 0 radical (unpaired) electrons. The van der Waals surface area contributed by atoms with Crippen molar-refractivity contribution < 1.29 is 4.39 Å². The first kappa shape index (κ1) is 11.6. The van der Waals surface area contributed by atoms with Crippen molar-refractivity contribution in [1.29, 1.82) is 0 Å². The van der Waals surface area contributed by atoms with Crippen LogP contribution >= 0.6 is 0 Å². The van der Waals surface area contributed by atoms with E-state index < -0.39 is 0 Å². The summed E-state index contributed by atoms with van der Waals surface area (Å²) in [5.41, 5.74) is 8.11. The molecule has 0 spiro atoms. The van der Waals surface area contributed by atoms with E-state index in [4.69, 9.17) is 5.73 Å². The zero-order valence-corrected chi connectivity index (χ0v) is 9.73. The lowest BCUT2D eigenvalue weighted by molar-refractivity contribution is 0.627. The van der Waals surface area contributed by atoms with E-state index >= 15 is 0 Å². The van der Waals surface area contributed by atoms with Crippen LogP contribution in [0, 0.1) is 5.82 Å². The van der Waals surface area contributed by atoms with Gasteiger partial charge in [-0.3, -0.25) is 0 Å². The SMILES string of the molecule is CN(c1cccc(CN)c1)c1ccccc1F. The number of nitrogens with zero attached hydrogens (tertiary/aromatic N) is 1. The molecule has 0 saturated heterocycles. The first-order valence-corrected chi connectivity index (χ1v) is 5.49. The lowest BCUT2D eigenvalue weighted by Gasteiger charge is -2.20.